The molecule has 0 amide bonds. The van der Waals surface area contributed by atoms with E-state index < -0.39 is 16.8 Å². The van der Waals surface area contributed by atoms with Crippen molar-refractivity contribution >= 4 is 6.08 Å². The van der Waals surface area contributed by atoms with Crippen molar-refractivity contribution in [3.8, 4) is 0 Å². The summed E-state index contributed by atoms with van der Waals surface area (Å²) in [5.41, 5.74) is 1.83. The fourth-order valence-electron chi connectivity index (χ4n) is 1.37. The van der Waals surface area contributed by atoms with E-state index in [9.17, 15) is 15.3 Å². The normalized spacial score (nSPS) is 14.8. The Bertz CT molecular complexity index is 608. The van der Waals surface area contributed by atoms with Gasteiger partial charge in [0.1, 0.15) is 0 Å². The predicted octanol–water partition coefficient (Wildman–Crippen LogP) is 4.88. The Morgan fingerprint density at radius 3 is 1.48 bits per heavy atom. The Kier molecular flexibility index (Phi) is 18.6. The molecule has 1 aliphatic rings. The van der Waals surface area contributed by atoms with Gasteiger partial charge in [0.05, 0.1) is 0 Å². The molecule has 0 aromatic heterocycles. The molecule has 4 heteroatoms. The predicted molar refractivity (Wildman–Crippen MR) is 127 cm³/mol. The molecule has 0 heterocycles. The molecule has 1 aromatic carbocycles. The Morgan fingerprint density at radius 1 is 0.871 bits per heavy atom. The molecule has 31 heavy (non-hydrogen) atoms. The Hall–Kier alpha value is -0.966. The van der Waals surface area contributed by atoms with Gasteiger partial charge in [-0.3, -0.25) is 0 Å². The Labute approximate surface area is 204 Å². The van der Waals surface area contributed by atoms with Crippen LogP contribution in [0.2, 0.25) is 0 Å². The van der Waals surface area contributed by atoms with Crippen LogP contribution in [0.1, 0.15) is 91.5 Å². The first-order valence-corrected chi connectivity index (χ1v) is 11.4. The van der Waals surface area contributed by atoms with Gasteiger partial charge in [-0.2, -0.15) is 0 Å². The SMILES string of the molecule is C=CC(C)=CC.CC(C)(C)[O-].CC(C)(C)[O-].CC(C)(C)[O-].[Ti+3][CH]1C=Cc2ccccc21. The molecule has 0 N–H and O–H groups in total. The summed E-state index contributed by atoms with van der Waals surface area (Å²) in [4.78, 5) is 0. The monoisotopic (exact) mass is 464 g/mol. The summed E-state index contributed by atoms with van der Waals surface area (Å²) in [6.45, 7) is 22.3. The summed E-state index contributed by atoms with van der Waals surface area (Å²) in [7, 11) is 0. The van der Waals surface area contributed by atoms with Crippen LogP contribution in [0.15, 0.2) is 54.6 Å². The van der Waals surface area contributed by atoms with Crippen LogP contribution in [0.3, 0.4) is 0 Å². The van der Waals surface area contributed by atoms with Crippen LogP contribution in [0.4, 0.5) is 0 Å². The van der Waals surface area contributed by atoms with E-state index in [2.05, 4.69) is 63.4 Å². The van der Waals surface area contributed by atoms with E-state index in [1.54, 1.807) is 62.3 Å². The Morgan fingerprint density at radius 2 is 1.23 bits per heavy atom. The van der Waals surface area contributed by atoms with Gasteiger partial charge in [-0.05, 0) is 13.8 Å². The average molecular weight is 465 g/mol. The molecule has 0 fully saturated rings. The molecule has 0 aliphatic heterocycles. The van der Waals surface area contributed by atoms with Crippen LogP contribution in [0, 0.1) is 0 Å². The molecule has 0 radical (unpaired) electrons. The molecule has 1 unspecified atom stereocenters. The fourth-order valence-corrected chi connectivity index (χ4v) is 1.93. The zero-order chi connectivity index (χ0) is 25.5. The van der Waals surface area contributed by atoms with Crippen molar-refractivity contribution in [1.29, 1.82) is 0 Å². The number of hydrogen-bond acceptors (Lipinski definition) is 3. The van der Waals surface area contributed by atoms with Crippen molar-refractivity contribution < 1.29 is 35.8 Å². The summed E-state index contributed by atoms with van der Waals surface area (Å²) in [5, 5.41) is 30.3. The number of benzene rings is 1. The van der Waals surface area contributed by atoms with Crippen LogP contribution in [-0.4, -0.2) is 16.8 Å². The van der Waals surface area contributed by atoms with Crippen LogP contribution in [0.25, 0.3) is 6.08 Å². The van der Waals surface area contributed by atoms with Gasteiger partial charge in [-0.15, -0.1) is 16.8 Å². The van der Waals surface area contributed by atoms with Gasteiger partial charge in [0.25, 0.3) is 0 Å². The third-order valence-corrected chi connectivity index (χ3v) is 3.36. The third-order valence-electron chi connectivity index (χ3n) is 2.58. The average Bonchev–Trinajstić information content (AvgIpc) is 2.92. The summed E-state index contributed by atoms with van der Waals surface area (Å²) in [6.07, 6.45) is 8.29. The zero-order valence-corrected chi connectivity index (χ0v) is 23.2. The van der Waals surface area contributed by atoms with E-state index >= 15 is 0 Å². The third kappa shape index (κ3) is 40.0. The molecule has 0 spiro atoms. The van der Waals surface area contributed by atoms with Gasteiger partial charge < -0.3 is 15.3 Å². The molecule has 2 rings (SSSR count). The molecule has 0 saturated heterocycles. The molecular formula is C27H44O3Ti. The molecule has 1 aromatic rings. The molecule has 1 atom stereocenters. The summed E-state index contributed by atoms with van der Waals surface area (Å²) in [6, 6.07) is 8.54. The maximum absolute atomic E-state index is 10.1. The van der Waals surface area contributed by atoms with Crippen LogP contribution >= 0.6 is 0 Å². The first kappa shape index (κ1) is 34.6. The maximum atomic E-state index is 10.1. The molecule has 1 aliphatic carbocycles. The first-order chi connectivity index (χ1) is 13.7. The minimum absolute atomic E-state index is 0.621. The van der Waals surface area contributed by atoms with Gasteiger partial charge in [0.15, 0.2) is 0 Å². The summed E-state index contributed by atoms with van der Waals surface area (Å²) in [5.74, 6) is 0. The van der Waals surface area contributed by atoms with E-state index in [4.69, 9.17) is 0 Å². The van der Waals surface area contributed by atoms with Crippen LogP contribution in [0.5, 0.6) is 0 Å². The van der Waals surface area contributed by atoms with E-state index in [-0.39, 0.29) is 0 Å². The van der Waals surface area contributed by atoms with Crippen LogP contribution in [-0.2, 0) is 20.4 Å². The molecule has 0 bridgehead atoms. The second-order valence-corrected chi connectivity index (χ2v) is 11.0. The zero-order valence-electron chi connectivity index (χ0n) is 21.6. The first-order valence-electron chi connectivity index (χ1n) is 10.5. The van der Waals surface area contributed by atoms with E-state index in [0.29, 0.717) is 4.22 Å². The van der Waals surface area contributed by atoms with Gasteiger partial charge in [-0.1, -0.05) is 86.6 Å². The topological polar surface area (TPSA) is 69.2 Å². The molecule has 3 nitrogen and oxygen atoms in total. The molecular weight excluding hydrogens is 420 g/mol. The molecule has 0 saturated carbocycles. The van der Waals surface area contributed by atoms with E-state index in [0.717, 1.165) is 0 Å². The second kappa shape index (κ2) is 16.6. The summed E-state index contributed by atoms with van der Waals surface area (Å²) >= 11 is 2.22. The number of hydrogen-bond donors (Lipinski definition) is 0. The minimum atomic E-state index is -0.750. The standard InChI is InChI=1S/C9H7.C6H10.3C4H9O.Ti/c1-2-5-9-7-3-6-8(9)4-1;1-4-6(3)5-2;3*1-4(2,3)5;/h1-7H;4-5H,1H2,2-3H3;3*1-3H3;/q;;3*-1;+3. The van der Waals surface area contributed by atoms with Crippen molar-refractivity contribution in [2.45, 2.75) is 97.2 Å². The van der Waals surface area contributed by atoms with Crippen LogP contribution < -0.4 is 15.3 Å². The second-order valence-electron chi connectivity index (χ2n) is 10.0. The van der Waals surface area contributed by atoms with Crippen molar-refractivity contribution in [3.63, 3.8) is 0 Å². The number of rotatable bonds is 1. The van der Waals surface area contributed by atoms with Crippen molar-refractivity contribution in [2.75, 3.05) is 0 Å². The van der Waals surface area contributed by atoms with E-state index in [1.807, 2.05) is 26.0 Å². The quantitative estimate of drug-likeness (QED) is 0.440. The van der Waals surface area contributed by atoms with Gasteiger partial charge >= 0.3 is 72.2 Å². The fraction of sp³-hybridized carbons (Fsp3) is 0.556. The molecule has 174 valence electrons. The number of fused-ring (bicyclic) bond motifs is 1. The summed E-state index contributed by atoms with van der Waals surface area (Å²) < 4.78 is 0.621. The Balaban J connectivity index is -0.000000332. The van der Waals surface area contributed by atoms with Crippen molar-refractivity contribution in [1.82, 2.24) is 0 Å². The van der Waals surface area contributed by atoms with Gasteiger partial charge in [-0.25, -0.2) is 0 Å². The van der Waals surface area contributed by atoms with Gasteiger partial charge in [0.2, 0.25) is 0 Å². The van der Waals surface area contributed by atoms with E-state index in [1.165, 1.54) is 16.7 Å². The number of allylic oxidation sites excluding steroid dienone is 4. The van der Waals surface area contributed by atoms with Crippen molar-refractivity contribution in [3.05, 3.63) is 65.8 Å². The van der Waals surface area contributed by atoms with Gasteiger partial charge in [0, 0.05) is 0 Å². The van der Waals surface area contributed by atoms with Crippen molar-refractivity contribution in [2.24, 2.45) is 0 Å².